The van der Waals surface area contributed by atoms with E-state index in [1.807, 2.05) is 7.05 Å². The topological polar surface area (TPSA) is 69.6 Å². The number of nitrogens with one attached hydrogen (secondary N) is 1. The van der Waals surface area contributed by atoms with Crippen molar-refractivity contribution >= 4 is 12.0 Å². The number of hydrogen-bond acceptors (Lipinski definition) is 2. The van der Waals surface area contributed by atoms with Gasteiger partial charge < -0.3 is 15.3 Å². The lowest BCUT2D eigenvalue weighted by Crippen LogP contribution is -2.47. The number of carboxylic acids is 1. The number of amides is 2. The first-order chi connectivity index (χ1) is 9.47. The highest BCUT2D eigenvalue weighted by Gasteiger charge is 2.29. The quantitative estimate of drug-likeness (QED) is 0.779. The van der Waals surface area contributed by atoms with Gasteiger partial charge in [-0.25, -0.2) is 4.79 Å². The first-order valence-corrected chi connectivity index (χ1v) is 7.42. The molecule has 0 aliphatic heterocycles. The van der Waals surface area contributed by atoms with Gasteiger partial charge >= 0.3 is 12.0 Å². The van der Waals surface area contributed by atoms with Crippen molar-refractivity contribution in [2.45, 2.75) is 51.1 Å². The van der Waals surface area contributed by atoms with Crippen molar-refractivity contribution in [3.63, 3.8) is 0 Å². The molecule has 2 aliphatic rings. The number of aliphatic carboxylic acids is 1. The molecule has 2 N–H and O–H groups in total. The van der Waals surface area contributed by atoms with Crippen LogP contribution in [0.3, 0.4) is 0 Å². The smallest absolute Gasteiger partial charge is 0.317 e. The van der Waals surface area contributed by atoms with Crippen LogP contribution in [0.4, 0.5) is 4.79 Å². The minimum absolute atomic E-state index is 0.0924. The molecule has 0 heterocycles. The summed E-state index contributed by atoms with van der Waals surface area (Å²) >= 11 is 0. The van der Waals surface area contributed by atoms with Gasteiger partial charge in [-0.05, 0) is 38.0 Å². The van der Waals surface area contributed by atoms with E-state index in [1.54, 1.807) is 17.1 Å². The number of urea groups is 1. The van der Waals surface area contributed by atoms with Gasteiger partial charge in [0.05, 0.1) is 12.0 Å². The summed E-state index contributed by atoms with van der Waals surface area (Å²) in [7, 11) is 1.84. The van der Waals surface area contributed by atoms with E-state index in [0.717, 1.165) is 18.8 Å². The van der Waals surface area contributed by atoms with E-state index < -0.39 is 11.9 Å². The van der Waals surface area contributed by atoms with Gasteiger partial charge in [0.15, 0.2) is 0 Å². The summed E-state index contributed by atoms with van der Waals surface area (Å²) in [6.45, 7) is 2.26. The summed E-state index contributed by atoms with van der Waals surface area (Å²) in [5.41, 5.74) is 0. The van der Waals surface area contributed by atoms with Crippen molar-refractivity contribution in [3.8, 4) is 0 Å². The number of carbonyl (C=O) groups excluding carboxylic acids is 1. The van der Waals surface area contributed by atoms with Gasteiger partial charge in [-0.2, -0.15) is 0 Å². The third-order valence-corrected chi connectivity index (χ3v) is 4.56. The summed E-state index contributed by atoms with van der Waals surface area (Å²) in [6.07, 6.45) is 8.37. The average Bonchev–Trinajstić information content (AvgIpc) is 2.87. The van der Waals surface area contributed by atoms with Crippen LogP contribution in [0.2, 0.25) is 0 Å². The third kappa shape index (κ3) is 3.52. The summed E-state index contributed by atoms with van der Waals surface area (Å²) in [5, 5.41) is 11.8. The first-order valence-electron chi connectivity index (χ1n) is 7.42. The first kappa shape index (κ1) is 14.9. The van der Waals surface area contributed by atoms with E-state index in [9.17, 15) is 9.59 Å². The molecule has 0 aromatic carbocycles. The molecule has 0 bridgehead atoms. The second-order valence-corrected chi connectivity index (χ2v) is 6.15. The van der Waals surface area contributed by atoms with E-state index in [1.165, 1.54) is 12.8 Å². The molecule has 2 unspecified atom stereocenters. The van der Waals surface area contributed by atoms with Crippen LogP contribution in [0.25, 0.3) is 0 Å². The molecule has 2 aliphatic carbocycles. The fourth-order valence-electron chi connectivity index (χ4n) is 3.05. The van der Waals surface area contributed by atoms with Gasteiger partial charge in [0, 0.05) is 13.1 Å². The van der Waals surface area contributed by atoms with Crippen LogP contribution in [0.5, 0.6) is 0 Å². The molecule has 0 aromatic heterocycles. The molecular formula is C15H24N2O3. The number of carbonyl (C=O) groups is 2. The van der Waals surface area contributed by atoms with Gasteiger partial charge in [-0.1, -0.05) is 19.1 Å². The van der Waals surface area contributed by atoms with E-state index in [2.05, 4.69) is 12.2 Å². The lowest BCUT2D eigenvalue weighted by atomic mass is 9.87. The summed E-state index contributed by atoms with van der Waals surface area (Å²) in [4.78, 5) is 24.8. The van der Waals surface area contributed by atoms with Crippen molar-refractivity contribution < 1.29 is 14.7 Å². The Morgan fingerprint density at radius 2 is 1.85 bits per heavy atom. The standard InChI is InChI=1S/C15H24N2O3/c1-10-3-7-13(8-4-10)17(2)15(20)16-12-6-5-11(9-12)14(18)19/h5-6,10-13H,3-4,7-9H2,1-2H3,(H,16,20)(H,18,19). The molecule has 2 atom stereocenters. The maximum Gasteiger partial charge on any atom is 0.317 e. The maximum absolute atomic E-state index is 12.2. The molecule has 0 radical (unpaired) electrons. The molecule has 0 saturated heterocycles. The summed E-state index contributed by atoms with van der Waals surface area (Å²) < 4.78 is 0. The number of carboxylic acid groups (broad SMARTS) is 1. The van der Waals surface area contributed by atoms with Gasteiger partial charge in [0.25, 0.3) is 0 Å². The Hall–Kier alpha value is -1.52. The molecule has 1 saturated carbocycles. The second-order valence-electron chi connectivity index (χ2n) is 6.15. The Morgan fingerprint density at radius 1 is 1.20 bits per heavy atom. The molecular weight excluding hydrogens is 256 g/mol. The minimum Gasteiger partial charge on any atom is -0.481 e. The number of rotatable bonds is 3. The van der Waals surface area contributed by atoms with Gasteiger partial charge in [-0.15, -0.1) is 0 Å². The predicted octanol–water partition coefficient (Wildman–Crippen LogP) is 2.24. The molecule has 20 heavy (non-hydrogen) atoms. The van der Waals surface area contributed by atoms with Gasteiger partial charge in [-0.3, -0.25) is 4.79 Å². The van der Waals surface area contributed by atoms with Crippen LogP contribution in [0, 0.1) is 11.8 Å². The van der Waals surface area contributed by atoms with Gasteiger partial charge in [0.2, 0.25) is 0 Å². The van der Waals surface area contributed by atoms with E-state index in [-0.39, 0.29) is 12.1 Å². The van der Waals surface area contributed by atoms with Crippen LogP contribution in [0.1, 0.15) is 39.0 Å². The van der Waals surface area contributed by atoms with Crippen molar-refractivity contribution in [3.05, 3.63) is 12.2 Å². The van der Waals surface area contributed by atoms with Crippen LogP contribution in [-0.2, 0) is 4.79 Å². The highest BCUT2D eigenvalue weighted by molar-refractivity contribution is 5.76. The Morgan fingerprint density at radius 3 is 2.40 bits per heavy atom. The Kier molecular flexibility index (Phi) is 4.68. The number of nitrogens with zero attached hydrogens (tertiary/aromatic N) is 1. The highest BCUT2D eigenvalue weighted by atomic mass is 16.4. The largest absolute Gasteiger partial charge is 0.481 e. The van der Waals surface area contributed by atoms with Crippen molar-refractivity contribution in [1.82, 2.24) is 10.2 Å². The summed E-state index contributed by atoms with van der Waals surface area (Å²) in [5.74, 6) is -0.537. The van der Waals surface area contributed by atoms with Crippen LogP contribution in [-0.4, -0.2) is 41.1 Å². The molecule has 2 amide bonds. The van der Waals surface area contributed by atoms with E-state index >= 15 is 0 Å². The lowest BCUT2D eigenvalue weighted by Gasteiger charge is -2.34. The van der Waals surface area contributed by atoms with Crippen molar-refractivity contribution in [2.75, 3.05) is 7.05 Å². The normalized spacial score (nSPS) is 32.9. The third-order valence-electron chi connectivity index (χ3n) is 4.56. The Bertz CT molecular complexity index is 400. The summed E-state index contributed by atoms with van der Waals surface area (Å²) in [6, 6.07) is 0.0608. The van der Waals surface area contributed by atoms with Gasteiger partial charge in [0.1, 0.15) is 0 Å². The zero-order valence-corrected chi connectivity index (χ0v) is 12.2. The predicted molar refractivity (Wildman–Crippen MR) is 76.4 cm³/mol. The zero-order valence-electron chi connectivity index (χ0n) is 12.2. The zero-order chi connectivity index (χ0) is 14.7. The highest BCUT2D eigenvalue weighted by Crippen LogP contribution is 2.26. The van der Waals surface area contributed by atoms with E-state index in [0.29, 0.717) is 12.5 Å². The van der Waals surface area contributed by atoms with Crippen molar-refractivity contribution in [1.29, 1.82) is 0 Å². The monoisotopic (exact) mass is 280 g/mol. The molecule has 5 nitrogen and oxygen atoms in total. The van der Waals surface area contributed by atoms with Crippen molar-refractivity contribution in [2.24, 2.45) is 11.8 Å². The lowest BCUT2D eigenvalue weighted by molar-refractivity contribution is -0.140. The Balaban J connectivity index is 1.80. The minimum atomic E-state index is -0.826. The SMILES string of the molecule is CC1CCC(N(C)C(=O)NC2C=CC(C(=O)O)C2)CC1. The molecule has 112 valence electrons. The van der Waals surface area contributed by atoms with Crippen LogP contribution >= 0.6 is 0 Å². The Labute approximate surface area is 120 Å². The second kappa shape index (κ2) is 6.29. The fourth-order valence-corrected chi connectivity index (χ4v) is 3.05. The molecule has 0 aromatic rings. The average molecular weight is 280 g/mol. The molecule has 1 fully saturated rings. The number of hydrogen-bond donors (Lipinski definition) is 2. The maximum atomic E-state index is 12.2. The molecule has 2 rings (SSSR count). The van der Waals surface area contributed by atoms with E-state index in [4.69, 9.17) is 5.11 Å². The van der Waals surface area contributed by atoms with Crippen LogP contribution in [0.15, 0.2) is 12.2 Å². The molecule has 5 heteroatoms. The fraction of sp³-hybridized carbons (Fsp3) is 0.733. The van der Waals surface area contributed by atoms with Crippen LogP contribution < -0.4 is 5.32 Å². The molecule has 0 spiro atoms.